The van der Waals surface area contributed by atoms with Gasteiger partial charge in [-0.2, -0.15) is 0 Å². The number of hydrogen-bond acceptors (Lipinski definition) is 3. The van der Waals surface area contributed by atoms with E-state index in [4.69, 9.17) is 4.74 Å². The molecule has 3 rings (SSSR count). The number of nitrogens with zero attached hydrogens (tertiary/aromatic N) is 1. The van der Waals surface area contributed by atoms with Gasteiger partial charge in [0.2, 0.25) is 0 Å². The molecule has 0 atom stereocenters. The molecule has 1 saturated heterocycles. The molecule has 0 unspecified atom stereocenters. The van der Waals surface area contributed by atoms with E-state index >= 15 is 0 Å². The quantitative estimate of drug-likeness (QED) is 0.872. The van der Waals surface area contributed by atoms with Crippen LogP contribution in [0.1, 0.15) is 12.8 Å². The normalized spacial score (nSPS) is 14.6. The fraction of sp³-hybridized carbons (Fsp3) is 0.263. The first-order chi connectivity index (χ1) is 11.2. The van der Waals surface area contributed by atoms with Gasteiger partial charge in [-0.3, -0.25) is 9.59 Å². The SMILES string of the molecule is O=C1CCN(C(=O)COc2ccc(-c3ccccc3)cc2)CC1. The van der Waals surface area contributed by atoms with Gasteiger partial charge in [-0.1, -0.05) is 42.5 Å². The van der Waals surface area contributed by atoms with Crippen molar-refractivity contribution < 1.29 is 14.3 Å². The zero-order chi connectivity index (χ0) is 16.1. The lowest BCUT2D eigenvalue weighted by atomic mass is 10.1. The number of rotatable bonds is 4. The molecular formula is C19H19NO3. The van der Waals surface area contributed by atoms with Crippen molar-refractivity contribution in [2.75, 3.05) is 19.7 Å². The van der Waals surface area contributed by atoms with E-state index in [0.717, 1.165) is 11.1 Å². The molecular weight excluding hydrogens is 290 g/mol. The summed E-state index contributed by atoms with van der Waals surface area (Å²) >= 11 is 0. The molecule has 0 radical (unpaired) electrons. The molecule has 4 nitrogen and oxygen atoms in total. The minimum absolute atomic E-state index is 0.0128. The highest BCUT2D eigenvalue weighted by molar-refractivity contribution is 5.84. The van der Waals surface area contributed by atoms with Gasteiger partial charge in [0, 0.05) is 25.9 Å². The molecule has 0 aromatic heterocycles. The van der Waals surface area contributed by atoms with Gasteiger partial charge in [0.25, 0.3) is 5.91 Å². The maximum Gasteiger partial charge on any atom is 0.260 e. The van der Waals surface area contributed by atoms with Crippen molar-refractivity contribution in [3.05, 3.63) is 54.6 Å². The zero-order valence-corrected chi connectivity index (χ0v) is 12.9. The molecule has 4 heteroatoms. The molecule has 1 fully saturated rings. The molecule has 1 heterocycles. The summed E-state index contributed by atoms with van der Waals surface area (Å²) in [6, 6.07) is 17.8. The van der Waals surface area contributed by atoms with E-state index in [0.29, 0.717) is 31.7 Å². The third-order valence-corrected chi connectivity index (χ3v) is 4.00. The first kappa shape index (κ1) is 15.3. The van der Waals surface area contributed by atoms with Crippen molar-refractivity contribution in [1.82, 2.24) is 4.90 Å². The van der Waals surface area contributed by atoms with Crippen LogP contribution in [0.4, 0.5) is 0 Å². The Labute approximate surface area is 135 Å². The number of piperidine rings is 1. The molecule has 0 aliphatic carbocycles. The van der Waals surface area contributed by atoms with Crippen LogP contribution in [0.5, 0.6) is 5.75 Å². The fourth-order valence-corrected chi connectivity index (χ4v) is 2.62. The number of amides is 1. The fourth-order valence-electron chi connectivity index (χ4n) is 2.62. The van der Waals surface area contributed by atoms with Crippen molar-refractivity contribution in [3.63, 3.8) is 0 Å². The van der Waals surface area contributed by atoms with Gasteiger partial charge < -0.3 is 9.64 Å². The van der Waals surface area contributed by atoms with E-state index in [1.165, 1.54) is 0 Å². The van der Waals surface area contributed by atoms with E-state index in [-0.39, 0.29) is 18.3 Å². The molecule has 0 N–H and O–H groups in total. The second-order valence-electron chi connectivity index (χ2n) is 5.60. The lowest BCUT2D eigenvalue weighted by Crippen LogP contribution is -2.41. The van der Waals surface area contributed by atoms with Crippen molar-refractivity contribution in [1.29, 1.82) is 0 Å². The Bertz CT molecular complexity index is 670. The molecule has 2 aromatic rings. The first-order valence-electron chi connectivity index (χ1n) is 7.80. The summed E-state index contributed by atoms with van der Waals surface area (Å²) in [7, 11) is 0. The predicted octanol–water partition coefficient (Wildman–Crippen LogP) is 2.92. The van der Waals surface area contributed by atoms with Gasteiger partial charge in [0.1, 0.15) is 11.5 Å². The van der Waals surface area contributed by atoms with E-state index in [1.54, 1.807) is 4.90 Å². The molecule has 1 aliphatic rings. The molecule has 1 aliphatic heterocycles. The maximum atomic E-state index is 12.1. The minimum Gasteiger partial charge on any atom is -0.484 e. The monoisotopic (exact) mass is 309 g/mol. The maximum absolute atomic E-state index is 12.1. The van der Waals surface area contributed by atoms with E-state index in [1.807, 2.05) is 42.5 Å². The van der Waals surface area contributed by atoms with Crippen LogP contribution < -0.4 is 4.74 Å². The molecule has 0 saturated carbocycles. The molecule has 0 bridgehead atoms. The standard InChI is InChI=1S/C19H19NO3/c21-17-10-12-20(13-11-17)19(22)14-23-18-8-6-16(7-9-18)15-4-2-1-3-5-15/h1-9H,10-14H2. The zero-order valence-electron chi connectivity index (χ0n) is 12.9. The smallest absolute Gasteiger partial charge is 0.260 e. The Morgan fingerprint density at radius 3 is 2.17 bits per heavy atom. The van der Waals surface area contributed by atoms with Crippen LogP contribution in [-0.4, -0.2) is 36.3 Å². The molecule has 2 aromatic carbocycles. The van der Waals surface area contributed by atoms with E-state index < -0.39 is 0 Å². The van der Waals surface area contributed by atoms with Crippen molar-refractivity contribution >= 4 is 11.7 Å². The lowest BCUT2D eigenvalue weighted by molar-refractivity contribution is -0.136. The second-order valence-corrected chi connectivity index (χ2v) is 5.60. The summed E-state index contributed by atoms with van der Waals surface area (Å²) in [5.41, 5.74) is 2.26. The van der Waals surface area contributed by atoms with Gasteiger partial charge in [0.05, 0.1) is 0 Å². The average Bonchev–Trinajstić information content (AvgIpc) is 2.61. The topological polar surface area (TPSA) is 46.6 Å². The molecule has 1 amide bonds. The summed E-state index contributed by atoms with van der Waals surface area (Å²) in [4.78, 5) is 24.9. The highest BCUT2D eigenvalue weighted by Gasteiger charge is 2.20. The van der Waals surface area contributed by atoms with Crippen molar-refractivity contribution in [3.8, 4) is 16.9 Å². The Balaban J connectivity index is 1.54. The second kappa shape index (κ2) is 7.09. The summed E-state index contributed by atoms with van der Waals surface area (Å²) in [6.07, 6.45) is 0.912. The Hall–Kier alpha value is -2.62. The van der Waals surface area contributed by atoms with Gasteiger partial charge >= 0.3 is 0 Å². The predicted molar refractivity (Wildman–Crippen MR) is 88.2 cm³/mol. The average molecular weight is 309 g/mol. The highest BCUT2D eigenvalue weighted by Crippen LogP contribution is 2.22. The van der Waals surface area contributed by atoms with Crippen LogP contribution in [0.25, 0.3) is 11.1 Å². The number of ether oxygens (including phenoxy) is 1. The Kier molecular flexibility index (Phi) is 4.71. The summed E-state index contributed by atoms with van der Waals surface area (Å²) < 4.78 is 5.56. The molecule has 23 heavy (non-hydrogen) atoms. The van der Waals surface area contributed by atoms with Crippen LogP contribution in [0, 0.1) is 0 Å². The van der Waals surface area contributed by atoms with Gasteiger partial charge in [-0.15, -0.1) is 0 Å². The summed E-state index contributed by atoms with van der Waals surface area (Å²) in [5, 5.41) is 0. The summed E-state index contributed by atoms with van der Waals surface area (Å²) in [6.45, 7) is 1.03. The highest BCUT2D eigenvalue weighted by atomic mass is 16.5. The van der Waals surface area contributed by atoms with Gasteiger partial charge in [0.15, 0.2) is 6.61 Å². The molecule has 0 spiro atoms. The number of carbonyl (C=O) groups excluding carboxylic acids is 2. The van der Waals surface area contributed by atoms with E-state index in [9.17, 15) is 9.59 Å². The van der Waals surface area contributed by atoms with Crippen molar-refractivity contribution in [2.45, 2.75) is 12.8 Å². The number of carbonyl (C=O) groups is 2. The van der Waals surface area contributed by atoms with Crippen LogP contribution >= 0.6 is 0 Å². The Morgan fingerprint density at radius 2 is 1.52 bits per heavy atom. The number of benzene rings is 2. The third-order valence-electron chi connectivity index (χ3n) is 4.00. The van der Waals surface area contributed by atoms with E-state index in [2.05, 4.69) is 12.1 Å². The minimum atomic E-state index is -0.0652. The number of Topliss-reactive ketones (excluding diaryl/α,β-unsaturated/α-hetero) is 1. The first-order valence-corrected chi connectivity index (χ1v) is 7.80. The van der Waals surface area contributed by atoms with Crippen molar-refractivity contribution in [2.24, 2.45) is 0 Å². The largest absolute Gasteiger partial charge is 0.484 e. The lowest BCUT2D eigenvalue weighted by Gasteiger charge is -2.25. The third kappa shape index (κ3) is 3.97. The van der Waals surface area contributed by atoms with Crippen LogP contribution in [0.3, 0.4) is 0 Å². The number of ketones is 1. The summed E-state index contributed by atoms with van der Waals surface area (Å²) in [5.74, 6) is 0.835. The number of likely N-dealkylation sites (tertiary alicyclic amines) is 1. The van der Waals surface area contributed by atoms with Crippen LogP contribution in [0.2, 0.25) is 0 Å². The van der Waals surface area contributed by atoms with Gasteiger partial charge in [-0.05, 0) is 23.3 Å². The van der Waals surface area contributed by atoms with Crippen LogP contribution in [-0.2, 0) is 9.59 Å². The molecule has 118 valence electrons. The number of hydrogen-bond donors (Lipinski definition) is 0. The van der Waals surface area contributed by atoms with Gasteiger partial charge in [-0.25, -0.2) is 0 Å². The van der Waals surface area contributed by atoms with Crippen LogP contribution in [0.15, 0.2) is 54.6 Å². The Morgan fingerprint density at radius 1 is 0.913 bits per heavy atom.